The van der Waals surface area contributed by atoms with E-state index in [1.807, 2.05) is 0 Å². The van der Waals surface area contributed by atoms with Gasteiger partial charge in [-0.3, -0.25) is 4.90 Å². The van der Waals surface area contributed by atoms with Gasteiger partial charge in [0.05, 0.1) is 0 Å². The van der Waals surface area contributed by atoms with Crippen molar-refractivity contribution in [3.8, 4) is 0 Å². The maximum absolute atomic E-state index is 5.96. The lowest BCUT2D eigenvalue weighted by Gasteiger charge is -2.41. The van der Waals surface area contributed by atoms with Crippen molar-refractivity contribution in [1.82, 2.24) is 4.90 Å². The highest BCUT2D eigenvalue weighted by Gasteiger charge is 2.28. The van der Waals surface area contributed by atoms with Crippen LogP contribution in [0.4, 0.5) is 0 Å². The first-order chi connectivity index (χ1) is 8.86. The van der Waals surface area contributed by atoms with Gasteiger partial charge in [0, 0.05) is 18.6 Å². The Morgan fingerprint density at radius 2 is 2.06 bits per heavy atom. The molecule has 0 radical (unpaired) electrons. The molecular weight excluding hydrogens is 220 g/mol. The minimum atomic E-state index is 0.560. The van der Waals surface area contributed by atoms with Crippen LogP contribution in [0, 0.1) is 0 Å². The van der Waals surface area contributed by atoms with Crippen LogP contribution in [0.3, 0.4) is 0 Å². The van der Waals surface area contributed by atoms with E-state index in [1.165, 1.54) is 44.2 Å². The third-order valence-corrected chi connectivity index (χ3v) is 4.09. The Kier molecular flexibility index (Phi) is 5.21. The maximum atomic E-state index is 5.96. The number of nitrogens with zero attached hydrogens (tertiary/aromatic N) is 1. The smallest absolute Gasteiger partial charge is 0.0351 e. The van der Waals surface area contributed by atoms with Crippen molar-refractivity contribution in [1.29, 1.82) is 0 Å². The number of likely N-dealkylation sites (tertiary alicyclic amines) is 1. The standard InChI is InChI=1S/C16H26N2/c1-2-8-16(14-9-4-3-5-10-14)18-12-7-6-11-15(18)13-17/h3-5,9-10,15-16H,2,6-8,11-13,17H2,1H3. The van der Waals surface area contributed by atoms with Crippen LogP contribution in [-0.2, 0) is 0 Å². The number of piperidine rings is 1. The number of hydrogen-bond donors (Lipinski definition) is 1. The summed E-state index contributed by atoms with van der Waals surface area (Å²) < 4.78 is 0. The predicted octanol–water partition coefficient (Wildman–Crippen LogP) is 3.34. The summed E-state index contributed by atoms with van der Waals surface area (Å²) in [6, 6.07) is 12.1. The van der Waals surface area contributed by atoms with Crippen molar-refractivity contribution in [3.63, 3.8) is 0 Å². The number of nitrogens with two attached hydrogens (primary N) is 1. The van der Waals surface area contributed by atoms with Crippen LogP contribution in [0.5, 0.6) is 0 Å². The van der Waals surface area contributed by atoms with Gasteiger partial charge in [-0.2, -0.15) is 0 Å². The highest BCUT2D eigenvalue weighted by Crippen LogP contribution is 2.31. The van der Waals surface area contributed by atoms with Crippen LogP contribution in [0.2, 0.25) is 0 Å². The van der Waals surface area contributed by atoms with Gasteiger partial charge in [0.15, 0.2) is 0 Å². The lowest BCUT2D eigenvalue weighted by molar-refractivity contribution is 0.0928. The van der Waals surface area contributed by atoms with Crippen molar-refractivity contribution < 1.29 is 0 Å². The molecule has 2 nitrogen and oxygen atoms in total. The largest absolute Gasteiger partial charge is 0.329 e. The van der Waals surface area contributed by atoms with Gasteiger partial charge in [-0.15, -0.1) is 0 Å². The molecule has 1 aliphatic rings. The highest BCUT2D eigenvalue weighted by atomic mass is 15.2. The lowest BCUT2D eigenvalue weighted by Crippen LogP contribution is -2.45. The molecule has 1 aliphatic heterocycles. The van der Waals surface area contributed by atoms with Gasteiger partial charge < -0.3 is 5.73 Å². The molecule has 0 amide bonds. The summed E-state index contributed by atoms with van der Waals surface area (Å²) in [5.74, 6) is 0. The average Bonchev–Trinajstić information content (AvgIpc) is 2.46. The lowest BCUT2D eigenvalue weighted by atomic mass is 9.94. The molecule has 2 unspecified atom stereocenters. The average molecular weight is 246 g/mol. The fraction of sp³-hybridized carbons (Fsp3) is 0.625. The van der Waals surface area contributed by atoms with E-state index in [4.69, 9.17) is 5.73 Å². The molecule has 1 aromatic carbocycles. The SMILES string of the molecule is CCCC(c1ccccc1)N1CCCCC1CN. The first-order valence-corrected chi connectivity index (χ1v) is 7.37. The van der Waals surface area contributed by atoms with Gasteiger partial charge in [-0.25, -0.2) is 0 Å². The molecule has 0 saturated carbocycles. The Bertz CT molecular complexity index is 336. The van der Waals surface area contributed by atoms with Gasteiger partial charge >= 0.3 is 0 Å². The molecule has 1 fully saturated rings. The van der Waals surface area contributed by atoms with Crippen LogP contribution < -0.4 is 5.73 Å². The zero-order valence-electron chi connectivity index (χ0n) is 11.5. The monoisotopic (exact) mass is 246 g/mol. The molecule has 2 rings (SSSR count). The van der Waals surface area contributed by atoms with Gasteiger partial charge in [-0.05, 0) is 31.4 Å². The molecule has 0 spiro atoms. The van der Waals surface area contributed by atoms with Crippen LogP contribution in [0.1, 0.15) is 50.6 Å². The van der Waals surface area contributed by atoms with Crippen molar-refractivity contribution in [2.45, 2.75) is 51.1 Å². The molecule has 18 heavy (non-hydrogen) atoms. The molecule has 0 bridgehead atoms. The van der Waals surface area contributed by atoms with E-state index in [1.54, 1.807) is 0 Å². The Balaban J connectivity index is 2.18. The molecule has 0 aromatic heterocycles. The minimum absolute atomic E-state index is 0.560. The van der Waals surface area contributed by atoms with Crippen molar-refractivity contribution in [2.75, 3.05) is 13.1 Å². The number of rotatable bonds is 5. The van der Waals surface area contributed by atoms with E-state index in [-0.39, 0.29) is 0 Å². The Labute approximate surface area is 111 Å². The topological polar surface area (TPSA) is 29.3 Å². The Morgan fingerprint density at radius 1 is 1.28 bits per heavy atom. The molecule has 2 atom stereocenters. The Morgan fingerprint density at radius 3 is 2.72 bits per heavy atom. The van der Waals surface area contributed by atoms with Crippen molar-refractivity contribution in [2.24, 2.45) is 5.73 Å². The summed E-state index contributed by atoms with van der Waals surface area (Å²) >= 11 is 0. The van der Waals surface area contributed by atoms with E-state index in [9.17, 15) is 0 Å². The van der Waals surface area contributed by atoms with Crippen LogP contribution in [-0.4, -0.2) is 24.0 Å². The summed E-state index contributed by atoms with van der Waals surface area (Å²) in [6.07, 6.45) is 6.40. The number of benzene rings is 1. The van der Waals surface area contributed by atoms with Gasteiger partial charge in [0.25, 0.3) is 0 Å². The summed E-state index contributed by atoms with van der Waals surface area (Å²) in [5, 5.41) is 0. The van der Waals surface area contributed by atoms with Gasteiger partial charge in [0.1, 0.15) is 0 Å². The second-order valence-electron chi connectivity index (χ2n) is 5.34. The van der Waals surface area contributed by atoms with E-state index in [2.05, 4.69) is 42.2 Å². The third-order valence-electron chi connectivity index (χ3n) is 4.09. The maximum Gasteiger partial charge on any atom is 0.0351 e. The normalized spacial score (nSPS) is 22.9. The zero-order valence-corrected chi connectivity index (χ0v) is 11.5. The van der Waals surface area contributed by atoms with E-state index in [0.29, 0.717) is 12.1 Å². The van der Waals surface area contributed by atoms with E-state index < -0.39 is 0 Å². The molecule has 2 N–H and O–H groups in total. The summed E-state index contributed by atoms with van der Waals surface area (Å²) in [5.41, 5.74) is 7.42. The first kappa shape index (κ1) is 13.6. The summed E-state index contributed by atoms with van der Waals surface area (Å²) in [7, 11) is 0. The predicted molar refractivity (Wildman–Crippen MR) is 77.5 cm³/mol. The van der Waals surface area contributed by atoms with Crippen molar-refractivity contribution in [3.05, 3.63) is 35.9 Å². The van der Waals surface area contributed by atoms with Crippen LogP contribution in [0.15, 0.2) is 30.3 Å². The third kappa shape index (κ3) is 3.12. The van der Waals surface area contributed by atoms with Crippen LogP contribution in [0.25, 0.3) is 0 Å². The summed E-state index contributed by atoms with van der Waals surface area (Å²) in [6.45, 7) is 4.28. The van der Waals surface area contributed by atoms with Gasteiger partial charge in [-0.1, -0.05) is 50.1 Å². The minimum Gasteiger partial charge on any atom is -0.329 e. The Hall–Kier alpha value is -0.860. The second-order valence-corrected chi connectivity index (χ2v) is 5.34. The molecule has 1 aromatic rings. The van der Waals surface area contributed by atoms with Crippen LogP contribution >= 0.6 is 0 Å². The second kappa shape index (κ2) is 6.91. The fourth-order valence-corrected chi connectivity index (χ4v) is 3.16. The molecule has 0 aliphatic carbocycles. The highest BCUT2D eigenvalue weighted by molar-refractivity contribution is 5.19. The fourth-order valence-electron chi connectivity index (χ4n) is 3.16. The zero-order chi connectivity index (χ0) is 12.8. The molecule has 1 heterocycles. The molecule has 100 valence electrons. The quantitative estimate of drug-likeness (QED) is 0.863. The number of hydrogen-bond acceptors (Lipinski definition) is 2. The molecule has 1 saturated heterocycles. The molecule has 2 heteroatoms. The van der Waals surface area contributed by atoms with E-state index >= 15 is 0 Å². The van der Waals surface area contributed by atoms with E-state index in [0.717, 1.165) is 6.54 Å². The first-order valence-electron chi connectivity index (χ1n) is 7.37. The van der Waals surface area contributed by atoms with Crippen molar-refractivity contribution >= 4 is 0 Å². The van der Waals surface area contributed by atoms with Gasteiger partial charge in [0.2, 0.25) is 0 Å². The molecular formula is C16H26N2. The summed E-state index contributed by atoms with van der Waals surface area (Å²) in [4.78, 5) is 2.66.